The van der Waals surface area contributed by atoms with Gasteiger partial charge in [-0.2, -0.15) is 0 Å². The van der Waals surface area contributed by atoms with Crippen molar-refractivity contribution in [1.29, 1.82) is 0 Å². The van der Waals surface area contributed by atoms with Crippen LogP contribution in [0.5, 0.6) is 5.75 Å². The number of aryl methyl sites for hydroxylation is 1. The molecule has 0 spiro atoms. The third-order valence-electron chi connectivity index (χ3n) is 4.17. The van der Waals surface area contributed by atoms with Crippen LogP contribution in [0.4, 0.5) is 0 Å². The fourth-order valence-electron chi connectivity index (χ4n) is 3.00. The van der Waals surface area contributed by atoms with Gasteiger partial charge in [-0.1, -0.05) is 24.3 Å². The van der Waals surface area contributed by atoms with Gasteiger partial charge in [-0.05, 0) is 54.7 Å². The largest absolute Gasteiger partial charge is 0.484 e. The second-order valence-corrected chi connectivity index (χ2v) is 5.90. The van der Waals surface area contributed by atoms with Gasteiger partial charge < -0.3 is 15.8 Å². The van der Waals surface area contributed by atoms with E-state index in [0.29, 0.717) is 11.3 Å². The lowest BCUT2D eigenvalue weighted by atomic mass is 9.87. The first-order valence-corrected chi connectivity index (χ1v) is 8.03. The Morgan fingerprint density at radius 3 is 2.62 bits per heavy atom. The normalized spacial score (nSPS) is 16.1. The average Bonchev–Trinajstić information content (AvgIpc) is 2.60. The highest BCUT2D eigenvalue weighted by molar-refractivity contribution is 5.94. The van der Waals surface area contributed by atoms with Crippen LogP contribution in [-0.4, -0.2) is 18.4 Å². The average molecular weight is 324 g/mol. The van der Waals surface area contributed by atoms with Crippen molar-refractivity contribution in [1.82, 2.24) is 5.32 Å². The van der Waals surface area contributed by atoms with Crippen LogP contribution >= 0.6 is 0 Å². The minimum atomic E-state index is -0.534. The van der Waals surface area contributed by atoms with E-state index >= 15 is 0 Å². The lowest BCUT2D eigenvalue weighted by Crippen LogP contribution is -2.30. The summed E-state index contributed by atoms with van der Waals surface area (Å²) in [7, 11) is 0. The number of benzene rings is 2. The summed E-state index contributed by atoms with van der Waals surface area (Å²) in [6.07, 6.45) is 3.08. The van der Waals surface area contributed by atoms with Gasteiger partial charge in [-0.15, -0.1) is 0 Å². The van der Waals surface area contributed by atoms with Crippen molar-refractivity contribution >= 4 is 11.8 Å². The Morgan fingerprint density at radius 2 is 1.88 bits per heavy atom. The summed E-state index contributed by atoms with van der Waals surface area (Å²) in [5.74, 6) is -0.140. The molecule has 1 atom stereocenters. The molecule has 3 rings (SSSR count). The predicted octanol–water partition coefficient (Wildman–Crippen LogP) is 2.36. The number of primary amides is 1. The van der Waals surface area contributed by atoms with Gasteiger partial charge >= 0.3 is 0 Å². The molecule has 0 aromatic heterocycles. The number of nitrogens with one attached hydrogen (secondary N) is 1. The van der Waals surface area contributed by atoms with Crippen LogP contribution in [0.25, 0.3) is 0 Å². The summed E-state index contributed by atoms with van der Waals surface area (Å²) in [5.41, 5.74) is 8.11. The van der Waals surface area contributed by atoms with Gasteiger partial charge in [0.15, 0.2) is 6.61 Å². The highest BCUT2D eigenvalue weighted by Gasteiger charge is 2.21. The van der Waals surface area contributed by atoms with Crippen LogP contribution in [-0.2, 0) is 11.2 Å². The van der Waals surface area contributed by atoms with E-state index in [-0.39, 0.29) is 18.6 Å². The Morgan fingerprint density at radius 1 is 1.12 bits per heavy atom. The maximum atomic E-state index is 12.5. The molecule has 0 unspecified atom stereocenters. The first-order chi connectivity index (χ1) is 11.6. The molecule has 0 aliphatic heterocycles. The van der Waals surface area contributed by atoms with Gasteiger partial charge in [-0.25, -0.2) is 0 Å². The predicted molar refractivity (Wildman–Crippen MR) is 90.7 cm³/mol. The summed E-state index contributed by atoms with van der Waals surface area (Å²) in [6, 6.07) is 15.0. The molecular weight excluding hydrogens is 304 g/mol. The second kappa shape index (κ2) is 7.17. The van der Waals surface area contributed by atoms with Crippen LogP contribution in [0, 0.1) is 0 Å². The van der Waals surface area contributed by atoms with Crippen molar-refractivity contribution in [3.05, 3.63) is 65.2 Å². The Bertz CT molecular complexity index is 741. The minimum absolute atomic E-state index is 0.0493. The minimum Gasteiger partial charge on any atom is -0.484 e. The maximum absolute atomic E-state index is 12.5. The molecule has 0 saturated carbocycles. The van der Waals surface area contributed by atoms with Crippen molar-refractivity contribution in [2.75, 3.05) is 6.61 Å². The molecule has 124 valence electrons. The van der Waals surface area contributed by atoms with Gasteiger partial charge in [0, 0.05) is 5.56 Å². The van der Waals surface area contributed by atoms with Crippen molar-refractivity contribution in [3.8, 4) is 5.75 Å². The fourth-order valence-corrected chi connectivity index (χ4v) is 3.00. The Hall–Kier alpha value is -2.82. The number of rotatable bonds is 5. The summed E-state index contributed by atoms with van der Waals surface area (Å²) in [5, 5.41) is 3.11. The third kappa shape index (κ3) is 3.74. The van der Waals surface area contributed by atoms with E-state index in [1.54, 1.807) is 24.3 Å². The molecule has 2 aromatic rings. The number of carbonyl (C=O) groups excluding carboxylic acids is 2. The van der Waals surface area contributed by atoms with Crippen molar-refractivity contribution in [2.45, 2.75) is 25.3 Å². The molecule has 24 heavy (non-hydrogen) atoms. The van der Waals surface area contributed by atoms with E-state index in [1.165, 1.54) is 11.1 Å². The molecule has 0 fully saturated rings. The highest BCUT2D eigenvalue weighted by atomic mass is 16.5. The summed E-state index contributed by atoms with van der Waals surface area (Å²) < 4.78 is 5.19. The molecule has 1 aliphatic carbocycles. The molecule has 2 amide bonds. The van der Waals surface area contributed by atoms with Crippen molar-refractivity contribution in [2.24, 2.45) is 5.73 Å². The zero-order valence-electron chi connectivity index (χ0n) is 13.3. The second-order valence-electron chi connectivity index (χ2n) is 5.90. The van der Waals surface area contributed by atoms with Crippen LogP contribution < -0.4 is 15.8 Å². The topological polar surface area (TPSA) is 81.4 Å². The van der Waals surface area contributed by atoms with Gasteiger partial charge in [0.05, 0.1) is 6.04 Å². The Kier molecular flexibility index (Phi) is 4.79. The van der Waals surface area contributed by atoms with E-state index in [1.807, 2.05) is 12.1 Å². The van der Waals surface area contributed by atoms with Crippen molar-refractivity contribution < 1.29 is 14.3 Å². The van der Waals surface area contributed by atoms with E-state index in [9.17, 15) is 9.59 Å². The molecule has 0 radical (unpaired) electrons. The zero-order chi connectivity index (χ0) is 16.9. The number of nitrogens with two attached hydrogens (primary N) is 1. The molecule has 0 saturated heterocycles. The molecule has 1 aliphatic rings. The number of hydrogen-bond acceptors (Lipinski definition) is 3. The van der Waals surface area contributed by atoms with Gasteiger partial charge in [0.25, 0.3) is 11.8 Å². The quantitative estimate of drug-likeness (QED) is 0.886. The number of fused-ring (bicyclic) bond motifs is 1. The Labute approximate surface area is 140 Å². The molecule has 0 bridgehead atoms. The number of hydrogen-bond donors (Lipinski definition) is 2. The SMILES string of the molecule is NC(=O)COc1ccc(C(=O)N[C@@H]2CCCc3ccccc32)cc1. The molecule has 2 aromatic carbocycles. The van der Waals surface area contributed by atoms with Crippen LogP contribution in [0.15, 0.2) is 48.5 Å². The standard InChI is InChI=1S/C19H20N2O3/c20-18(22)12-24-15-10-8-14(9-11-15)19(23)21-17-7-3-5-13-4-1-2-6-16(13)17/h1-2,4,6,8-11,17H,3,5,7,12H2,(H2,20,22)(H,21,23)/t17-/m1/s1. The molecule has 5 heteroatoms. The zero-order valence-corrected chi connectivity index (χ0v) is 13.3. The number of amides is 2. The smallest absolute Gasteiger partial charge is 0.255 e. The van der Waals surface area contributed by atoms with E-state index in [4.69, 9.17) is 10.5 Å². The first-order valence-electron chi connectivity index (χ1n) is 8.03. The van der Waals surface area contributed by atoms with Gasteiger partial charge in [0.1, 0.15) is 5.75 Å². The molecular formula is C19H20N2O3. The third-order valence-corrected chi connectivity index (χ3v) is 4.17. The highest BCUT2D eigenvalue weighted by Crippen LogP contribution is 2.29. The number of ether oxygens (including phenoxy) is 1. The molecule has 5 nitrogen and oxygen atoms in total. The van der Waals surface area contributed by atoms with Crippen LogP contribution in [0.3, 0.4) is 0 Å². The molecule has 0 heterocycles. The summed E-state index contributed by atoms with van der Waals surface area (Å²) >= 11 is 0. The van der Waals surface area contributed by atoms with E-state index in [0.717, 1.165) is 19.3 Å². The van der Waals surface area contributed by atoms with Crippen LogP contribution in [0.1, 0.15) is 40.4 Å². The summed E-state index contributed by atoms with van der Waals surface area (Å²) in [6.45, 7) is -0.176. The molecule has 3 N–H and O–H groups in total. The lowest BCUT2D eigenvalue weighted by Gasteiger charge is -2.26. The van der Waals surface area contributed by atoms with Crippen LogP contribution in [0.2, 0.25) is 0 Å². The van der Waals surface area contributed by atoms with E-state index < -0.39 is 5.91 Å². The van der Waals surface area contributed by atoms with E-state index in [2.05, 4.69) is 17.4 Å². The summed E-state index contributed by atoms with van der Waals surface area (Å²) in [4.78, 5) is 23.2. The van der Waals surface area contributed by atoms with Gasteiger partial charge in [0.2, 0.25) is 0 Å². The van der Waals surface area contributed by atoms with Gasteiger partial charge in [-0.3, -0.25) is 9.59 Å². The fraction of sp³-hybridized carbons (Fsp3) is 0.263. The van der Waals surface area contributed by atoms with Crippen molar-refractivity contribution in [3.63, 3.8) is 0 Å². The number of carbonyl (C=O) groups is 2. The maximum Gasteiger partial charge on any atom is 0.255 e. The first kappa shape index (κ1) is 16.1. The Balaban J connectivity index is 1.66. The lowest BCUT2D eigenvalue weighted by molar-refractivity contribution is -0.119. The monoisotopic (exact) mass is 324 g/mol.